The zero-order chi connectivity index (χ0) is 20.4. The molecule has 2 aromatic rings. The molecule has 0 atom stereocenters. The molecule has 0 aliphatic heterocycles. The van der Waals surface area contributed by atoms with Crippen LogP contribution in [0.4, 0.5) is 17.1 Å². The third-order valence-electron chi connectivity index (χ3n) is 3.68. The summed E-state index contributed by atoms with van der Waals surface area (Å²) in [6, 6.07) is 12.2. The maximum absolute atomic E-state index is 12.3. The van der Waals surface area contributed by atoms with Gasteiger partial charge in [0.1, 0.15) is 12.4 Å². The predicted octanol–water partition coefficient (Wildman–Crippen LogP) is 4.69. The Morgan fingerprint density at radius 3 is 2.64 bits per heavy atom. The molecule has 148 valence electrons. The topological polar surface area (TPSA) is 79.5 Å². The first-order valence-electron chi connectivity index (χ1n) is 8.99. The van der Waals surface area contributed by atoms with E-state index in [4.69, 9.17) is 16.3 Å². The molecule has 0 bridgehead atoms. The van der Waals surface area contributed by atoms with Gasteiger partial charge in [-0.3, -0.25) is 9.59 Å². The summed E-state index contributed by atoms with van der Waals surface area (Å²) >= 11 is 6.18. The molecule has 2 rings (SSSR count). The first-order valence-corrected chi connectivity index (χ1v) is 9.37. The highest BCUT2D eigenvalue weighted by molar-refractivity contribution is 6.33. The lowest BCUT2D eigenvalue weighted by atomic mass is 10.2. The number of para-hydroxylation sites is 2. The van der Waals surface area contributed by atoms with E-state index in [2.05, 4.69) is 22.5 Å². The van der Waals surface area contributed by atoms with Crippen LogP contribution in [0.1, 0.15) is 19.8 Å². The Hall–Kier alpha value is -2.99. The standard InChI is InChI=1S/C21H24ClN3O3/c1-3-7-20(26)24-15-10-11-16(22)18(13-15)23-14-21(27)25-17-8-5-6-9-19(17)28-12-4-2/h4-6,8-11,13,23H,2-3,7,12,14H2,1H3,(H,24,26)(H,25,27). The van der Waals surface area contributed by atoms with Crippen molar-refractivity contribution in [2.45, 2.75) is 19.8 Å². The van der Waals surface area contributed by atoms with Gasteiger partial charge in [-0.1, -0.05) is 43.3 Å². The van der Waals surface area contributed by atoms with Gasteiger partial charge in [-0.25, -0.2) is 0 Å². The number of ether oxygens (including phenoxy) is 1. The number of hydrogen-bond donors (Lipinski definition) is 3. The van der Waals surface area contributed by atoms with Crippen molar-refractivity contribution in [3.63, 3.8) is 0 Å². The number of carbonyl (C=O) groups is 2. The van der Waals surface area contributed by atoms with Crippen LogP contribution in [0, 0.1) is 0 Å². The summed E-state index contributed by atoms with van der Waals surface area (Å²) in [4.78, 5) is 24.0. The molecule has 28 heavy (non-hydrogen) atoms. The predicted molar refractivity (Wildman–Crippen MR) is 114 cm³/mol. The Labute approximate surface area is 169 Å². The molecule has 0 heterocycles. The van der Waals surface area contributed by atoms with Crippen molar-refractivity contribution in [3.05, 3.63) is 60.1 Å². The van der Waals surface area contributed by atoms with Gasteiger partial charge in [0, 0.05) is 12.1 Å². The average molecular weight is 402 g/mol. The largest absolute Gasteiger partial charge is 0.487 e. The summed E-state index contributed by atoms with van der Waals surface area (Å²) in [6.45, 7) is 5.90. The molecule has 0 radical (unpaired) electrons. The van der Waals surface area contributed by atoms with E-state index >= 15 is 0 Å². The molecule has 0 unspecified atom stereocenters. The fourth-order valence-electron chi connectivity index (χ4n) is 2.40. The molecule has 2 aromatic carbocycles. The molecule has 7 heteroatoms. The summed E-state index contributed by atoms with van der Waals surface area (Å²) < 4.78 is 5.53. The molecule has 0 fully saturated rings. The number of rotatable bonds is 10. The molecule has 2 amide bonds. The third-order valence-corrected chi connectivity index (χ3v) is 4.01. The van der Waals surface area contributed by atoms with Crippen molar-refractivity contribution >= 4 is 40.5 Å². The first-order chi connectivity index (χ1) is 13.5. The van der Waals surface area contributed by atoms with E-state index in [-0.39, 0.29) is 18.4 Å². The minimum Gasteiger partial charge on any atom is -0.487 e. The number of nitrogens with one attached hydrogen (secondary N) is 3. The highest BCUT2D eigenvalue weighted by Crippen LogP contribution is 2.26. The number of halogens is 1. The van der Waals surface area contributed by atoms with E-state index in [1.165, 1.54) is 0 Å². The lowest BCUT2D eigenvalue weighted by molar-refractivity contribution is -0.116. The van der Waals surface area contributed by atoms with Crippen LogP contribution in [-0.4, -0.2) is 25.0 Å². The fourth-order valence-corrected chi connectivity index (χ4v) is 2.59. The molecular weight excluding hydrogens is 378 g/mol. The van der Waals surface area contributed by atoms with E-state index < -0.39 is 0 Å². The molecule has 0 aliphatic carbocycles. The van der Waals surface area contributed by atoms with Gasteiger partial charge in [-0.2, -0.15) is 0 Å². The number of benzene rings is 2. The van der Waals surface area contributed by atoms with Crippen molar-refractivity contribution in [1.29, 1.82) is 0 Å². The van der Waals surface area contributed by atoms with Gasteiger partial charge in [-0.05, 0) is 36.8 Å². The maximum atomic E-state index is 12.3. The summed E-state index contributed by atoms with van der Waals surface area (Å²) in [6.07, 6.45) is 2.85. The monoisotopic (exact) mass is 401 g/mol. The SMILES string of the molecule is C=CCOc1ccccc1NC(=O)CNc1cc(NC(=O)CCC)ccc1Cl. The quantitative estimate of drug-likeness (QED) is 0.504. The summed E-state index contributed by atoms with van der Waals surface area (Å²) in [7, 11) is 0. The van der Waals surface area contributed by atoms with Crippen molar-refractivity contribution < 1.29 is 14.3 Å². The normalized spacial score (nSPS) is 10.1. The molecule has 6 nitrogen and oxygen atoms in total. The van der Waals surface area contributed by atoms with Crippen molar-refractivity contribution in [2.24, 2.45) is 0 Å². The van der Waals surface area contributed by atoms with Gasteiger partial charge in [0.15, 0.2) is 0 Å². The molecule has 0 spiro atoms. The van der Waals surface area contributed by atoms with Crippen molar-refractivity contribution in [3.8, 4) is 5.75 Å². The van der Waals surface area contributed by atoms with Crippen molar-refractivity contribution in [1.82, 2.24) is 0 Å². The van der Waals surface area contributed by atoms with Gasteiger partial charge in [0.05, 0.1) is 22.9 Å². The lowest BCUT2D eigenvalue weighted by Crippen LogP contribution is -2.22. The summed E-state index contributed by atoms with van der Waals surface area (Å²) in [5.74, 6) is 0.241. The van der Waals surface area contributed by atoms with Crippen LogP contribution in [-0.2, 0) is 9.59 Å². The van der Waals surface area contributed by atoms with Gasteiger partial charge >= 0.3 is 0 Å². The Morgan fingerprint density at radius 2 is 1.89 bits per heavy atom. The Bertz CT molecular complexity index is 839. The number of anilines is 3. The molecule has 0 aromatic heterocycles. The highest BCUT2D eigenvalue weighted by Gasteiger charge is 2.09. The second kappa shape index (κ2) is 11.0. The van der Waals surface area contributed by atoms with E-state index in [1.807, 2.05) is 19.1 Å². The lowest BCUT2D eigenvalue weighted by Gasteiger charge is -2.13. The molecular formula is C21H24ClN3O3. The summed E-state index contributed by atoms with van der Waals surface area (Å²) in [5.41, 5.74) is 1.75. The fraction of sp³-hybridized carbons (Fsp3) is 0.238. The number of carbonyl (C=O) groups excluding carboxylic acids is 2. The second-order valence-electron chi connectivity index (χ2n) is 5.99. The Balaban J connectivity index is 1.97. The Kier molecular flexibility index (Phi) is 8.37. The van der Waals surface area contributed by atoms with E-state index in [0.717, 1.165) is 6.42 Å². The van der Waals surface area contributed by atoms with Crippen LogP contribution in [0.3, 0.4) is 0 Å². The number of amides is 2. The highest BCUT2D eigenvalue weighted by atomic mass is 35.5. The zero-order valence-electron chi connectivity index (χ0n) is 15.8. The zero-order valence-corrected chi connectivity index (χ0v) is 16.5. The molecule has 0 aliphatic rings. The molecule has 0 saturated carbocycles. The average Bonchev–Trinajstić information content (AvgIpc) is 2.68. The second-order valence-corrected chi connectivity index (χ2v) is 6.40. The minimum absolute atomic E-state index is 0.00186. The van der Waals surface area contributed by atoms with Gasteiger partial charge in [-0.15, -0.1) is 0 Å². The van der Waals surface area contributed by atoms with Gasteiger partial charge in [0.2, 0.25) is 11.8 Å². The van der Waals surface area contributed by atoms with Crippen LogP contribution >= 0.6 is 11.6 Å². The minimum atomic E-state index is -0.258. The van der Waals surface area contributed by atoms with Crippen LogP contribution in [0.2, 0.25) is 5.02 Å². The third kappa shape index (κ3) is 6.63. The first kappa shape index (κ1) is 21.3. The van der Waals surface area contributed by atoms with Crippen LogP contribution in [0.25, 0.3) is 0 Å². The smallest absolute Gasteiger partial charge is 0.243 e. The number of hydrogen-bond acceptors (Lipinski definition) is 4. The summed E-state index contributed by atoms with van der Waals surface area (Å²) in [5, 5.41) is 9.04. The van der Waals surface area contributed by atoms with E-state index in [1.54, 1.807) is 36.4 Å². The Morgan fingerprint density at radius 1 is 1.11 bits per heavy atom. The van der Waals surface area contributed by atoms with Crippen LogP contribution in [0.15, 0.2) is 55.1 Å². The van der Waals surface area contributed by atoms with Gasteiger partial charge < -0.3 is 20.7 Å². The van der Waals surface area contributed by atoms with Crippen LogP contribution in [0.5, 0.6) is 5.75 Å². The van der Waals surface area contributed by atoms with Crippen LogP contribution < -0.4 is 20.7 Å². The maximum Gasteiger partial charge on any atom is 0.243 e. The van der Waals surface area contributed by atoms with E-state index in [0.29, 0.717) is 40.9 Å². The van der Waals surface area contributed by atoms with Crippen molar-refractivity contribution in [2.75, 3.05) is 29.1 Å². The molecule has 3 N–H and O–H groups in total. The molecule has 0 saturated heterocycles. The van der Waals surface area contributed by atoms with E-state index in [9.17, 15) is 9.59 Å². The van der Waals surface area contributed by atoms with Gasteiger partial charge in [0.25, 0.3) is 0 Å².